The first-order valence-electron chi connectivity index (χ1n) is 10.2. The van der Waals surface area contributed by atoms with E-state index in [1.807, 2.05) is 0 Å². The summed E-state index contributed by atoms with van der Waals surface area (Å²) in [4.78, 5) is 54.8. The highest BCUT2D eigenvalue weighted by molar-refractivity contribution is 7.16. The van der Waals surface area contributed by atoms with Crippen molar-refractivity contribution in [2.24, 2.45) is 4.99 Å². The zero-order chi connectivity index (χ0) is 24.4. The average molecular weight is 484 g/mol. The number of esters is 1. The van der Waals surface area contributed by atoms with E-state index in [-0.39, 0.29) is 41.6 Å². The Hall–Kier alpha value is -3.99. The van der Waals surface area contributed by atoms with Crippen LogP contribution in [-0.2, 0) is 25.7 Å². The Morgan fingerprint density at radius 3 is 2.32 bits per heavy atom. The molecule has 0 atom stereocenters. The minimum Gasteiger partial charge on any atom is -0.493 e. The highest BCUT2D eigenvalue weighted by Gasteiger charge is 2.30. The third-order valence-corrected chi connectivity index (χ3v) is 6.34. The smallest absolute Gasteiger partial charge is 0.325 e. The molecule has 3 amide bonds. The number of aromatic nitrogens is 1. The van der Waals surface area contributed by atoms with Gasteiger partial charge in [0.15, 0.2) is 16.3 Å². The number of nitrogens with zero attached hydrogens (tertiary/aromatic N) is 3. The molecule has 1 fully saturated rings. The van der Waals surface area contributed by atoms with Crippen LogP contribution in [0.1, 0.15) is 23.2 Å². The summed E-state index contributed by atoms with van der Waals surface area (Å²) in [7, 11) is 4.28. The molecule has 176 valence electrons. The Labute approximate surface area is 198 Å². The zero-order valence-electron chi connectivity index (χ0n) is 18.7. The number of ether oxygens (including phenoxy) is 3. The molecule has 0 unspecified atom stereocenters. The molecular weight excluding hydrogens is 462 g/mol. The predicted molar refractivity (Wildman–Crippen MR) is 123 cm³/mol. The van der Waals surface area contributed by atoms with Gasteiger partial charge in [-0.15, -0.1) is 0 Å². The van der Waals surface area contributed by atoms with Gasteiger partial charge in [0, 0.05) is 30.5 Å². The number of amides is 3. The molecule has 1 saturated heterocycles. The van der Waals surface area contributed by atoms with Crippen LogP contribution < -0.4 is 19.2 Å². The van der Waals surface area contributed by atoms with E-state index >= 15 is 0 Å². The second kappa shape index (κ2) is 9.48. The average Bonchev–Trinajstić information content (AvgIpc) is 3.35. The van der Waals surface area contributed by atoms with Gasteiger partial charge in [-0.05, 0) is 18.2 Å². The molecule has 2 heterocycles. The van der Waals surface area contributed by atoms with Gasteiger partial charge in [0.25, 0.3) is 5.91 Å². The lowest BCUT2D eigenvalue weighted by atomic mass is 10.2. The molecule has 4 rings (SSSR count). The third-order valence-electron chi connectivity index (χ3n) is 5.30. The summed E-state index contributed by atoms with van der Waals surface area (Å²) >= 11 is 1.19. The number of methoxy groups -OCH3 is 3. The van der Waals surface area contributed by atoms with E-state index in [0.29, 0.717) is 22.7 Å². The van der Waals surface area contributed by atoms with Crippen LogP contribution in [0.3, 0.4) is 0 Å². The molecule has 0 bridgehead atoms. The van der Waals surface area contributed by atoms with Crippen molar-refractivity contribution in [3.63, 3.8) is 0 Å². The van der Waals surface area contributed by atoms with Crippen LogP contribution in [0.2, 0.25) is 0 Å². The number of benzene rings is 2. The van der Waals surface area contributed by atoms with Crippen molar-refractivity contribution in [2.75, 3.05) is 26.2 Å². The van der Waals surface area contributed by atoms with Gasteiger partial charge < -0.3 is 18.8 Å². The third kappa shape index (κ3) is 4.29. The van der Waals surface area contributed by atoms with Gasteiger partial charge >= 0.3 is 5.97 Å². The first-order valence-corrected chi connectivity index (χ1v) is 11.0. The fourth-order valence-corrected chi connectivity index (χ4v) is 4.66. The van der Waals surface area contributed by atoms with Crippen molar-refractivity contribution >= 4 is 50.9 Å². The van der Waals surface area contributed by atoms with Gasteiger partial charge in [-0.3, -0.25) is 24.1 Å². The quantitative estimate of drug-likeness (QED) is 0.390. The fraction of sp³-hybridized carbons (Fsp3) is 0.261. The molecule has 1 aromatic heterocycles. The van der Waals surface area contributed by atoms with Crippen molar-refractivity contribution in [1.29, 1.82) is 0 Å². The molecule has 0 saturated carbocycles. The zero-order valence-corrected chi connectivity index (χ0v) is 19.5. The number of imide groups is 1. The van der Waals surface area contributed by atoms with Crippen LogP contribution in [0.25, 0.3) is 10.2 Å². The summed E-state index contributed by atoms with van der Waals surface area (Å²) in [6, 6.07) is 9.61. The first-order chi connectivity index (χ1) is 16.4. The highest BCUT2D eigenvalue weighted by Crippen LogP contribution is 2.33. The molecule has 34 heavy (non-hydrogen) atoms. The van der Waals surface area contributed by atoms with E-state index in [1.165, 1.54) is 38.7 Å². The normalized spacial score (nSPS) is 14.1. The van der Waals surface area contributed by atoms with E-state index in [1.54, 1.807) is 34.9 Å². The number of carbonyl (C=O) groups is 4. The highest BCUT2D eigenvalue weighted by atomic mass is 32.1. The van der Waals surface area contributed by atoms with E-state index in [2.05, 4.69) is 4.99 Å². The topological polar surface area (TPSA) is 116 Å². The Balaban J connectivity index is 1.81. The molecule has 1 aliphatic rings. The van der Waals surface area contributed by atoms with Crippen molar-refractivity contribution in [1.82, 2.24) is 4.57 Å². The number of fused-ring (bicyclic) bond motifs is 1. The Morgan fingerprint density at radius 1 is 1.00 bits per heavy atom. The molecule has 10 nitrogen and oxygen atoms in total. The Morgan fingerprint density at radius 2 is 1.68 bits per heavy atom. The SMILES string of the molecule is COC(=O)Cn1c(=NC(=O)c2cccc(N3C(=O)CCC3=O)c2)sc2cc(OC)c(OC)cc21. The number of thiazole rings is 1. The summed E-state index contributed by atoms with van der Waals surface area (Å²) in [5.74, 6) is -0.782. The maximum Gasteiger partial charge on any atom is 0.325 e. The predicted octanol–water partition coefficient (Wildman–Crippen LogP) is 2.29. The lowest BCUT2D eigenvalue weighted by Gasteiger charge is -2.14. The minimum absolute atomic E-state index is 0.142. The van der Waals surface area contributed by atoms with E-state index < -0.39 is 11.9 Å². The minimum atomic E-state index is -0.593. The van der Waals surface area contributed by atoms with Crippen molar-refractivity contribution < 1.29 is 33.4 Å². The van der Waals surface area contributed by atoms with Crippen LogP contribution >= 0.6 is 11.3 Å². The second-order valence-corrected chi connectivity index (χ2v) is 8.32. The molecule has 3 aromatic rings. The summed E-state index contributed by atoms with van der Waals surface area (Å²) in [6.45, 7) is -0.172. The molecule has 2 aromatic carbocycles. The van der Waals surface area contributed by atoms with Crippen LogP contribution in [0, 0.1) is 0 Å². The number of carbonyl (C=O) groups excluding carboxylic acids is 4. The lowest BCUT2D eigenvalue weighted by Crippen LogP contribution is -2.28. The van der Waals surface area contributed by atoms with E-state index in [9.17, 15) is 19.2 Å². The molecular formula is C23H21N3O7S. The first kappa shape index (κ1) is 23.2. The molecule has 0 N–H and O–H groups in total. The van der Waals surface area contributed by atoms with E-state index in [0.717, 1.165) is 9.60 Å². The summed E-state index contributed by atoms with van der Waals surface area (Å²) in [6.07, 6.45) is 0.285. The van der Waals surface area contributed by atoms with Crippen LogP contribution in [-0.4, -0.2) is 49.6 Å². The second-order valence-electron chi connectivity index (χ2n) is 7.31. The summed E-state index contributed by atoms with van der Waals surface area (Å²) in [5, 5.41) is 0. The van der Waals surface area contributed by atoms with Crippen LogP contribution in [0.4, 0.5) is 5.69 Å². The molecule has 11 heteroatoms. The van der Waals surface area contributed by atoms with Gasteiger partial charge in [0.1, 0.15) is 6.54 Å². The number of hydrogen-bond acceptors (Lipinski definition) is 8. The number of hydrogen-bond donors (Lipinski definition) is 0. The van der Waals surface area contributed by atoms with Crippen molar-refractivity contribution in [2.45, 2.75) is 19.4 Å². The molecule has 0 aliphatic carbocycles. The summed E-state index contributed by atoms with van der Waals surface area (Å²) in [5.41, 5.74) is 1.13. The number of anilines is 1. The standard InChI is InChI=1S/C23H21N3O7S/c1-31-16-10-15-18(11-17(16)32-2)34-23(25(15)12-21(29)33-3)24-22(30)13-5-4-6-14(9-13)26-19(27)7-8-20(26)28/h4-6,9-11H,7-8,12H2,1-3H3. The summed E-state index contributed by atoms with van der Waals surface area (Å²) < 4.78 is 17.8. The lowest BCUT2D eigenvalue weighted by molar-refractivity contribution is -0.141. The Kier molecular flexibility index (Phi) is 6.46. The van der Waals surface area contributed by atoms with Gasteiger partial charge in [-0.25, -0.2) is 0 Å². The largest absolute Gasteiger partial charge is 0.493 e. The fourth-order valence-electron chi connectivity index (χ4n) is 3.62. The Bertz CT molecular complexity index is 1370. The molecule has 1 aliphatic heterocycles. The monoisotopic (exact) mass is 483 g/mol. The van der Waals surface area contributed by atoms with E-state index in [4.69, 9.17) is 14.2 Å². The van der Waals surface area contributed by atoms with Gasteiger partial charge in [0.05, 0.1) is 37.2 Å². The van der Waals surface area contributed by atoms with Crippen LogP contribution in [0.15, 0.2) is 41.4 Å². The molecule has 0 spiro atoms. The maximum atomic E-state index is 13.0. The van der Waals surface area contributed by atoms with Gasteiger partial charge in [0.2, 0.25) is 11.8 Å². The van der Waals surface area contributed by atoms with Crippen molar-refractivity contribution in [3.05, 3.63) is 46.8 Å². The van der Waals surface area contributed by atoms with Gasteiger partial charge in [-0.2, -0.15) is 4.99 Å². The molecule has 0 radical (unpaired) electrons. The maximum absolute atomic E-state index is 13.0. The van der Waals surface area contributed by atoms with Crippen LogP contribution in [0.5, 0.6) is 11.5 Å². The van der Waals surface area contributed by atoms with Crippen molar-refractivity contribution in [3.8, 4) is 11.5 Å². The van der Waals surface area contributed by atoms with Gasteiger partial charge in [-0.1, -0.05) is 17.4 Å². The number of rotatable bonds is 6.